The van der Waals surface area contributed by atoms with Crippen molar-refractivity contribution in [2.24, 2.45) is 0 Å². The molecule has 0 aliphatic carbocycles. The zero-order valence-electron chi connectivity index (χ0n) is 11.9. The molecule has 2 aromatic rings. The zero-order chi connectivity index (χ0) is 14.8. The molecule has 0 bridgehead atoms. The first kappa shape index (κ1) is 15.8. The van der Waals surface area contributed by atoms with Gasteiger partial charge in [-0.2, -0.15) is 0 Å². The molecule has 0 radical (unpaired) electrons. The summed E-state index contributed by atoms with van der Waals surface area (Å²) in [5.74, 6) is -0.200. The van der Waals surface area contributed by atoms with Crippen molar-refractivity contribution in [2.45, 2.75) is 20.3 Å². The summed E-state index contributed by atoms with van der Waals surface area (Å²) >= 11 is 0. The van der Waals surface area contributed by atoms with Gasteiger partial charge in [0.05, 0.1) is 12.2 Å². The Kier molecular flexibility index (Phi) is 6.90. The summed E-state index contributed by atoms with van der Waals surface area (Å²) in [6.07, 6.45) is 0.809. The van der Waals surface area contributed by atoms with Crippen LogP contribution in [0.15, 0.2) is 54.6 Å². The van der Waals surface area contributed by atoms with Crippen molar-refractivity contribution in [1.82, 2.24) is 0 Å². The minimum Gasteiger partial charge on any atom is -0.508 e. The second-order valence-electron chi connectivity index (χ2n) is 4.34. The van der Waals surface area contributed by atoms with Gasteiger partial charge in [0, 0.05) is 0 Å². The van der Waals surface area contributed by atoms with E-state index < -0.39 is 0 Å². The van der Waals surface area contributed by atoms with E-state index in [4.69, 9.17) is 9.84 Å². The Hall–Kier alpha value is -2.29. The second-order valence-corrected chi connectivity index (χ2v) is 4.34. The normalized spacial score (nSPS) is 9.30. The molecule has 0 heterocycles. The van der Waals surface area contributed by atoms with E-state index in [9.17, 15) is 4.79 Å². The zero-order valence-corrected chi connectivity index (χ0v) is 11.9. The molecule has 3 heteroatoms. The molecule has 106 valence electrons. The summed E-state index contributed by atoms with van der Waals surface area (Å²) in [4.78, 5) is 11.2. The Morgan fingerprint density at radius 2 is 1.65 bits per heavy atom. The lowest BCUT2D eigenvalue weighted by atomic mass is 10.2. The molecule has 0 spiro atoms. The highest BCUT2D eigenvalue weighted by atomic mass is 16.5. The summed E-state index contributed by atoms with van der Waals surface area (Å²) in [6.45, 7) is 4.45. The van der Waals surface area contributed by atoms with E-state index in [0.29, 0.717) is 12.2 Å². The molecule has 2 aromatic carbocycles. The molecule has 0 saturated carbocycles. The Bertz CT molecular complexity index is 504. The quantitative estimate of drug-likeness (QED) is 0.860. The Morgan fingerprint density at radius 1 is 1.05 bits per heavy atom. The summed E-state index contributed by atoms with van der Waals surface area (Å²) in [7, 11) is 0. The summed E-state index contributed by atoms with van der Waals surface area (Å²) in [6, 6.07) is 16.3. The molecule has 0 atom stereocenters. The maximum absolute atomic E-state index is 11.2. The molecule has 3 nitrogen and oxygen atoms in total. The van der Waals surface area contributed by atoms with Gasteiger partial charge in [-0.15, -0.1) is 0 Å². The molecular formula is C17H20O3. The highest BCUT2D eigenvalue weighted by Crippen LogP contribution is 2.10. The van der Waals surface area contributed by atoms with Gasteiger partial charge in [-0.3, -0.25) is 0 Å². The highest BCUT2D eigenvalue weighted by Gasteiger charge is 2.05. The van der Waals surface area contributed by atoms with Crippen LogP contribution in [-0.4, -0.2) is 17.7 Å². The van der Waals surface area contributed by atoms with Crippen LogP contribution in [0.1, 0.15) is 29.3 Å². The maximum atomic E-state index is 11.2. The van der Waals surface area contributed by atoms with Crippen LogP contribution in [0.4, 0.5) is 0 Å². The van der Waals surface area contributed by atoms with Gasteiger partial charge in [0.1, 0.15) is 5.75 Å². The SMILES string of the molecule is CCCOC(=O)c1ccc(O)cc1.Cc1ccccc1. The molecular weight excluding hydrogens is 252 g/mol. The molecule has 0 fully saturated rings. The third-order valence-electron chi connectivity index (χ3n) is 2.48. The monoisotopic (exact) mass is 272 g/mol. The highest BCUT2D eigenvalue weighted by molar-refractivity contribution is 5.89. The molecule has 0 unspecified atom stereocenters. The van der Waals surface area contributed by atoms with Crippen LogP contribution in [0.25, 0.3) is 0 Å². The van der Waals surface area contributed by atoms with Gasteiger partial charge in [-0.25, -0.2) is 4.79 Å². The van der Waals surface area contributed by atoms with Crippen molar-refractivity contribution >= 4 is 5.97 Å². The van der Waals surface area contributed by atoms with Gasteiger partial charge in [-0.1, -0.05) is 42.8 Å². The molecule has 0 aromatic heterocycles. The Morgan fingerprint density at radius 3 is 2.10 bits per heavy atom. The minimum absolute atomic E-state index is 0.145. The molecule has 0 saturated heterocycles. The van der Waals surface area contributed by atoms with Gasteiger partial charge in [0.2, 0.25) is 0 Å². The van der Waals surface area contributed by atoms with Gasteiger partial charge in [-0.05, 0) is 37.6 Å². The fourth-order valence-corrected chi connectivity index (χ4v) is 1.41. The van der Waals surface area contributed by atoms with Crippen LogP contribution in [0.2, 0.25) is 0 Å². The van der Waals surface area contributed by atoms with Crippen molar-refractivity contribution < 1.29 is 14.6 Å². The largest absolute Gasteiger partial charge is 0.508 e. The average Bonchev–Trinajstić information content (AvgIpc) is 2.47. The van der Waals surface area contributed by atoms with Crippen LogP contribution >= 0.6 is 0 Å². The first-order chi connectivity index (χ1) is 9.63. The summed E-state index contributed by atoms with van der Waals surface area (Å²) < 4.78 is 4.90. The van der Waals surface area contributed by atoms with Crippen molar-refractivity contribution in [3.05, 3.63) is 65.7 Å². The molecule has 0 amide bonds. The lowest BCUT2D eigenvalue weighted by molar-refractivity contribution is 0.0505. The first-order valence-electron chi connectivity index (χ1n) is 6.61. The number of hydrogen-bond acceptors (Lipinski definition) is 3. The fourth-order valence-electron chi connectivity index (χ4n) is 1.41. The van der Waals surface area contributed by atoms with Crippen LogP contribution in [0.3, 0.4) is 0 Å². The van der Waals surface area contributed by atoms with E-state index in [1.165, 1.54) is 29.8 Å². The number of ether oxygens (including phenoxy) is 1. The number of benzene rings is 2. The van der Waals surface area contributed by atoms with Gasteiger partial charge >= 0.3 is 5.97 Å². The van der Waals surface area contributed by atoms with Crippen LogP contribution < -0.4 is 0 Å². The smallest absolute Gasteiger partial charge is 0.338 e. The van der Waals surface area contributed by atoms with E-state index >= 15 is 0 Å². The summed E-state index contributed by atoms with van der Waals surface area (Å²) in [5, 5.41) is 8.96. The van der Waals surface area contributed by atoms with E-state index in [1.807, 2.05) is 25.1 Å². The number of carbonyl (C=O) groups is 1. The van der Waals surface area contributed by atoms with Crippen molar-refractivity contribution in [3.63, 3.8) is 0 Å². The minimum atomic E-state index is -0.346. The van der Waals surface area contributed by atoms with E-state index in [0.717, 1.165) is 6.42 Å². The first-order valence-corrected chi connectivity index (χ1v) is 6.61. The van der Waals surface area contributed by atoms with E-state index in [1.54, 1.807) is 0 Å². The van der Waals surface area contributed by atoms with Crippen LogP contribution in [0, 0.1) is 6.92 Å². The summed E-state index contributed by atoms with van der Waals surface area (Å²) in [5.41, 5.74) is 1.79. The lowest BCUT2D eigenvalue weighted by Crippen LogP contribution is -2.05. The molecule has 2 rings (SSSR count). The number of phenolic OH excluding ortho intramolecular Hbond substituents is 1. The second kappa shape index (κ2) is 8.75. The predicted octanol–water partition coefficient (Wildman–Crippen LogP) is 3.95. The van der Waals surface area contributed by atoms with Crippen molar-refractivity contribution in [1.29, 1.82) is 0 Å². The number of aryl methyl sites for hydroxylation is 1. The van der Waals surface area contributed by atoms with Crippen molar-refractivity contribution in [2.75, 3.05) is 6.61 Å². The van der Waals surface area contributed by atoms with E-state index in [-0.39, 0.29) is 11.7 Å². The number of esters is 1. The van der Waals surface area contributed by atoms with Crippen molar-refractivity contribution in [3.8, 4) is 5.75 Å². The van der Waals surface area contributed by atoms with Crippen LogP contribution in [0.5, 0.6) is 5.75 Å². The predicted molar refractivity (Wildman–Crippen MR) is 79.9 cm³/mol. The number of phenols is 1. The lowest BCUT2D eigenvalue weighted by Gasteiger charge is -2.02. The molecule has 0 aliphatic heterocycles. The molecule has 1 N–H and O–H groups in total. The molecule has 20 heavy (non-hydrogen) atoms. The third-order valence-corrected chi connectivity index (χ3v) is 2.48. The number of hydrogen-bond donors (Lipinski definition) is 1. The topological polar surface area (TPSA) is 46.5 Å². The number of carbonyl (C=O) groups excluding carboxylic acids is 1. The maximum Gasteiger partial charge on any atom is 0.338 e. The molecule has 0 aliphatic rings. The standard InChI is InChI=1S/C10H12O3.C7H8/c1-2-7-13-10(12)8-3-5-9(11)6-4-8;1-7-5-3-2-4-6-7/h3-6,11H,2,7H2,1H3;2-6H,1H3. The van der Waals surface area contributed by atoms with Gasteiger partial charge < -0.3 is 9.84 Å². The van der Waals surface area contributed by atoms with E-state index in [2.05, 4.69) is 19.1 Å². The Balaban J connectivity index is 0.000000240. The van der Waals surface area contributed by atoms with Gasteiger partial charge in [0.15, 0.2) is 0 Å². The number of aromatic hydroxyl groups is 1. The average molecular weight is 272 g/mol. The van der Waals surface area contributed by atoms with Gasteiger partial charge in [0.25, 0.3) is 0 Å². The fraction of sp³-hybridized carbons (Fsp3) is 0.235. The Labute approximate surface area is 119 Å². The third kappa shape index (κ3) is 6.05. The van der Waals surface area contributed by atoms with Crippen LogP contribution in [-0.2, 0) is 4.74 Å². The number of rotatable bonds is 3.